The molecular weight excluding hydrogens is 358 g/mol. The fourth-order valence-electron chi connectivity index (χ4n) is 2.88. The third kappa shape index (κ3) is 5.64. The standard InChI is InChI=1S/C21H25N3O4/c1-13(2)11-18(21(27)28)24-19(25)12-23-20(26)16-8-6-7-15(14(16)3)17-9-4-5-10-22-17/h4-10,13,18H,11-12H2,1-3H3,(H,23,26)(H,24,25)(H,27,28)/t18-/m0/s1. The lowest BCUT2D eigenvalue weighted by Crippen LogP contribution is -2.46. The van der Waals surface area contributed by atoms with Gasteiger partial charge < -0.3 is 15.7 Å². The van der Waals surface area contributed by atoms with Gasteiger partial charge in [0, 0.05) is 17.3 Å². The molecule has 0 radical (unpaired) electrons. The Bertz CT molecular complexity index is 850. The van der Waals surface area contributed by atoms with Gasteiger partial charge in [0.1, 0.15) is 6.04 Å². The molecule has 0 saturated carbocycles. The summed E-state index contributed by atoms with van der Waals surface area (Å²) in [7, 11) is 0. The third-order valence-corrected chi connectivity index (χ3v) is 4.27. The van der Waals surface area contributed by atoms with Gasteiger partial charge in [-0.1, -0.05) is 32.0 Å². The number of pyridine rings is 1. The molecule has 7 heteroatoms. The van der Waals surface area contributed by atoms with Crippen molar-refractivity contribution in [3.63, 3.8) is 0 Å². The van der Waals surface area contributed by atoms with Crippen LogP contribution in [0.25, 0.3) is 11.3 Å². The average Bonchev–Trinajstić information content (AvgIpc) is 2.66. The minimum atomic E-state index is -1.09. The summed E-state index contributed by atoms with van der Waals surface area (Å²) in [5, 5.41) is 14.2. The molecule has 2 rings (SSSR count). The highest BCUT2D eigenvalue weighted by molar-refractivity contribution is 5.99. The van der Waals surface area contributed by atoms with E-state index >= 15 is 0 Å². The average molecular weight is 383 g/mol. The van der Waals surface area contributed by atoms with E-state index in [-0.39, 0.29) is 12.5 Å². The van der Waals surface area contributed by atoms with Gasteiger partial charge in [0.15, 0.2) is 0 Å². The molecule has 1 aromatic carbocycles. The van der Waals surface area contributed by atoms with E-state index in [1.165, 1.54) is 0 Å². The predicted molar refractivity (Wildman–Crippen MR) is 106 cm³/mol. The summed E-state index contributed by atoms with van der Waals surface area (Å²) in [6.45, 7) is 5.28. The zero-order valence-corrected chi connectivity index (χ0v) is 16.2. The van der Waals surface area contributed by atoms with Crippen LogP contribution < -0.4 is 10.6 Å². The smallest absolute Gasteiger partial charge is 0.326 e. The SMILES string of the molecule is Cc1c(C(=O)NCC(=O)N[C@@H](CC(C)C)C(=O)O)cccc1-c1ccccn1. The fourth-order valence-corrected chi connectivity index (χ4v) is 2.88. The first-order valence-corrected chi connectivity index (χ1v) is 9.11. The minimum Gasteiger partial charge on any atom is -0.480 e. The lowest BCUT2D eigenvalue weighted by Gasteiger charge is -2.17. The fraction of sp³-hybridized carbons (Fsp3) is 0.333. The van der Waals surface area contributed by atoms with E-state index in [9.17, 15) is 19.5 Å². The van der Waals surface area contributed by atoms with Gasteiger partial charge in [0.25, 0.3) is 5.91 Å². The van der Waals surface area contributed by atoms with Crippen molar-refractivity contribution in [2.75, 3.05) is 6.54 Å². The van der Waals surface area contributed by atoms with E-state index in [0.717, 1.165) is 16.8 Å². The van der Waals surface area contributed by atoms with Crippen LogP contribution in [0.3, 0.4) is 0 Å². The Morgan fingerprint density at radius 2 is 1.86 bits per heavy atom. The van der Waals surface area contributed by atoms with Gasteiger partial charge in [0.2, 0.25) is 5.91 Å². The number of amides is 2. The van der Waals surface area contributed by atoms with Crippen molar-refractivity contribution in [2.45, 2.75) is 33.2 Å². The van der Waals surface area contributed by atoms with Gasteiger partial charge in [-0.3, -0.25) is 14.6 Å². The van der Waals surface area contributed by atoms with E-state index < -0.39 is 23.8 Å². The quantitative estimate of drug-likeness (QED) is 0.649. The molecule has 2 aromatic rings. The largest absolute Gasteiger partial charge is 0.480 e. The topological polar surface area (TPSA) is 108 Å². The van der Waals surface area contributed by atoms with Gasteiger partial charge in [-0.05, 0) is 43.0 Å². The predicted octanol–water partition coefficient (Wildman–Crippen LogP) is 2.40. The normalized spacial score (nSPS) is 11.7. The molecule has 2 amide bonds. The molecule has 0 fully saturated rings. The zero-order chi connectivity index (χ0) is 20.7. The van der Waals surface area contributed by atoms with E-state index in [4.69, 9.17) is 0 Å². The van der Waals surface area contributed by atoms with Crippen LogP contribution in [0.5, 0.6) is 0 Å². The second-order valence-electron chi connectivity index (χ2n) is 6.96. The number of hydrogen-bond donors (Lipinski definition) is 3. The van der Waals surface area contributed by atoms with E-state index in [1.807, 2.05) is 45.0 Å². The van der Waals surface area contributed by atoms with Crippen molar-refractivity contribution in [2.24, 2.45) is 5.92 Å². The Morgan fingerprint density at radius 1 is 1.11 bits per heavy atom. The Morgan fingerprint density at radius 3 is 2.46 bits per heavy atom. The Hall–Kier alpha value is -3.22. The molecule has 7 nitrogen and oxygen atoms in total. The van der Waals surface area contributed by atoms with E-state index in [0.29, 0.717) is 12.0 Å². The van der Waals surface area contributed by atoms with Crippen molar-refractivity contribution >= 4 is 17.8 Å². The third-order valence-electron chi connectivity index (χ3n) is 4.27. The summed E-state index contributed by atoms with van der Waals surface area (Å²) < 4.78 is 0. The number of aliphatic carboxylic acids is 1. The Balaban J connectivity index is 2.03. The molecule has 1 heterocycles. The molecule has 0 bridgehead atoms. The molecule has 0 aliphatic carbocycles. The van der Waals surface area contributed by atoms with E-state index in [1.54, 1.807) is 18.3 Å². The van der Waals surface area contributed by atoms with Crippen LogP contribution in [0, 0.1) is 12.8 Å². The second kappa shape index (κ2) is 9.64. The highest BCUT2D eigenvalue weighted by atomic mass is 16.4. The van der Waals surface area contributed by atoms with Gasteiger partial charge >= 0.3 is 5.97 Å². The highest BCUT2D eigenvalue weighted by Gasteiger charge is 2.21. The number of benzene rings is 1. The summed E-state index contributed by atoms with van der Waals surface area (Å²) in [6, 6.07) is 9.89. The monoisotopic (exact) mass is 383 g/mol. The minimum absolute atomic E-state index is 0.118. The summed E-state index contributed by atoms with van der Waals surface area (Å²) in [6.07, 6.45) is 2.00. The lowest BCUT2D eigenvalue weighted by molar-refractivity contribution is -0.142. The molecule has 0 spiro atoms. The summed E-state index contributed by atoms with van der Waals surface area (Å²) in [5.41, 5.74) is 2.78. The number of hydrogen-bond acceptors (Lipinski definition) is 4. The molecule has 0 unspecified atom stereocenters. The lowest BCUT2D eigenvalue weighted by atomic mass is 9.99. The Kier molecular flexibility index (Phi) is 7.26. The van der Waals surface area contributed by atoms with Gasteiger partial charge in [0.05, 0.1) is 12.2 Å². The van der Waals surface area contributed by atoms with Crippen molar-refractivity contribution in [3.8, 4) is 11.3 Å². The van der Waals surface area contributed by atoms with Crippen molar-refractivity contribution in [1.82, 2.24) is 15.6 Å². The van der Waals surface area contributed by atoms with Crippen molar-refractivity contribution in [3.05, 3.63) is 53.7 Å². The van der Waals surface area contributed by atoms with E-state index in [2.05, 4.69) is 15.6 Å². The first-order chi connectivity index (χ1) is 13.3. The number of carboxylic acid groups (broad SMARTS) is 1. The second-order valence-corrected chi connectivity index (χ2v) is 6.96. The molecule has 0 aliphatic heterocycles. The molecule has 1 atom stereocenters. The molecule has 3 N–H and O–H groups in total. The number of aromatic nitrogens is 1. The maximum Gasteiger partial charge on any atom is 0.326 e. The first kappa shape index (κ1) is 21.1. The maximum absolute atomic E-state index is 12.5. The molecule has 148 valence electrons. The maximum atomic E-state index is 12.5. The van der Waals surface area contributed by atoms with Crippen LogP contribution in [0.15, 0.2) is 42.6 Å². The van der Waals surface area contributed by atoms with Crippen LogP contribution >= 0.6 is 0 Å². The van der Waals surface area contributed by atoms with Crippen molar-refractivity contribution < 1.29 is 19.5 Å². The Labute approximate surface area is 164 Å². The molecule has 0 aliphatic rings. The highest BCUT2D eigenvalue weighted by Crippen LogP contribution is 2.23. The van der Waals surface area contributed by atoms with Gasteiger partial charge in [-0.25, -0.2) is 4.79 Å². The van der Waals surface area contributed by atoms with Crippen LogP contribution in [-0.4, -0.2) is 40.5 Å². The molecule has 28 heavy (non-hydrogen) atoms. The molecule has 1 aromatic heterocycles. The molecular formula is C21H25N3O4. The van der Waals surface area contributed by atoms with Gasteiger partial charge in [-0.2, -0.15) is 0 Å². The number of nitrogens with one attached hydrogen (secondary N) is 2. The summed E-state index contributed by atoms with van der Waals surface area (Å²) in [5.74, 6) is -1.92. The first-order valence-electron chi connectivity index (χ1n) is 9.11. The number of nitrogens with zero attached hydrogens (tertiary/aromatic N) is 1. The number of carbonyl (C=O) groups excluding carboxylic acids is 2. The number of rotatable bonds is 8. The number of carbonyl (C=O) groups is 3. The van der Waals surface area contributed by atoms with Crippen molar-refractivity contribution in [1.29, 1.82) is 0 Å². The summed E-state index contributed by atoms with van der Waals surface area (Å²) in [4.78, 5) is 40.1. The van der Waals surface area contributed by atoms with Crippen LogP contribution in [-0.2, 0) is 9.59 Å². The van der Waals surface area contributed by atoms with Crippen LogP contribution in [0.1, 0.15) is 36.2 Å². The zero-order valence-electron chi connectivity index (χ0n) is 16.2. The summed E-state index contributed by atoms with van der Waals surface area (Å²) >= 11 is 0. The molecule has 0 saturated heterocycles. The van der Waals surface area contributed by atoms with Gasteiger partial charge in [-0.15, -0.1) is 0 Å². The van der Waals surface area contributed by atoms with Crippen LogP contribution in [0.2, 0.25) is 0 Å². The van der Waals surface area contributed by atoms with Crippen LogP contribution in [0.4, 0.5) is 0 Å². The number of carboxylic acids is 1.